The van der Waals surface area contributed by atoms with E-state index in [0.29, 0.717) is 28.5 Å². The molecule has 0 amide bonds. The van der Waals surface area contributed by atoms with Crippen LogP contribution in [0.25, 0.3) is 0 Å². The molecule has 0 bridgehead atoms. The van der Waals surface area contributed by atoms with Gasteiger partial charge in [-0.1, -0.05) is 11.6 Å². The Balaban J connectivity index is 2.37. The van der Waals surface area contributed by atoms with Crippen LogP contribution in [-0.2, 0) is 0 Å². The molecule has 0 saturated heterocycles. The van der Waals surface area contributed by atoms with Crippen molar-refractivity contribution in [1.29, 1.82) is 0 Å². The summed E-state index contributed by atoms with van der Waals surface area (Å²) in [6.45, 7) is 0. The highest BCUT2D eigenvalue weighted by Gasteiger charge is 2.32. The molecular weight excluding hydrogens is 238 g/mol. The standard InChI is InChI=1S/C13H18ClNO2/c1-15-12(8-4-5-8)9-6-10(14)13(17-3)11(7-9)16-2/h6-8,12,15H,4-5H2,1-3H3. The molecule has 0 spiro atoms. The first-order chi connectivity index (χ1) is 8.21. The number of hydrogen-bond acceptors (Lipinski definition) is 3. The molecule has 17 heavy (non-hydrogen) atoms. The molecule has 0 heterocycles. The molecule has 2 rings (SSSR count). The average Bonchev–Trinajstić information content (AvgIpc) is 3.13. The van der Waals surface area contributed by atoms with Gasteiger partial charge in [0.2, 0.25) is 0 Å². The normalized spacial score (nSPS) is 16.7. The fourth-order valence-corrected chi connectivity index (χ4v) is 2.52. The molecule has 1 aromatic rings. The Kier molecular flexibility index (Phi) is 3.79. The second-order valence-electron chi connectivity index (χ2n) is 4.34. The van der Waals surface area contributed by atoms with Crippen LogP contribution in [0, 0.1) is 5.92 Å². The maximum absolute atomic E-state index is 6.21. The minimum atomic E-state index is 0.354. The molecule has 1 N–H and O–H groups in total. The average molecular weight is 256 g/mol. The Labute approximate surface area is 107 Å². The second kappa shape index (κ2) is 5.15. The molecule has 4 heteroatoms. The zero-order chi connectivity index (χ0) is 12.4. The van der Waals surface area contributed by atoms with Gasteiger partial charge < -0.3 is 14.8 Å². The SMILES string of the molecule is CNC(c1cc(Cl)c(OC)c(OC)c1)C1CC1. The zero-order valence-corrected chi connectivity index (χ0v) is 11.2. The molecule has 1 aliphatic rings. The molecule has 0 aliphatic heterocycles. The number of hydrogen-bond donors (Lipinski definition) is 1. The minimum absolute atomic E-state index is 0.354. The quantitative estimate of drug-likeness (QED) is 0.877. The van der Waals surface area contributed by atoms with Gasteiger partial charge in [0.25, 0.3) is 0 Å². The van der Waals surface area contributed by atoms with Gasteiger partial charge in [0, 0.05) is 6.04 Å². The molecule has 1 fully saturated rings. The van der Waals surface area contributed by atoms with E-state index in [9.17, 15) is 0 Å². The molecule has 0 aromatic heterocycles. The van der Waals surface area contributed by atoms with Gasteiger partial charge in [-0.3, -0.25) is 0 Å². The number of ether oxygens (including phenoxy) is 2. The van der Waals surface area contributed by atoms with Gasteiger partial charge in [0.15, 0.2) is 11.5 Å². The Morgan fingerprint density at radius 3 is 2.47 bits per heavy atom. The molecule has 1 saturated carbocycles. The van der Waals surface area contributed by atoms with E-state index in [1.807, 2.05) is 19.2 Å². The Morgan fingerprint density at radius 2 is 2.00 bits per heavy atom. The monoisotopic (exact) mass is 255 g/mol. The van der Waals surface area contributed by atoms with Crippen molar-refractivity contribution in [3.8, 4) is 11.5 Å². The lowest BCUT2D eigenvalue weighted by Crippen LogP contribution is -2.18. The molecule has 0 radical (unpaired) electrons. The van der Waals surface area contributed by atoms with Gasteiger partial charge in [-0.25, -0.2) is 0 Å². The van der Waals surface area contributed by atoms with Crippen molar-refractivity contribution in [2.24, 2.45) is 5.92 Å². The lowest BCUT2D eigenvalue weighted by Gasteiger charge is -2.18. The van der Waals surface area contributed by atoms with E-state index in [2.05, 4.69) is 5.32 Å². The third-order valence-electron chi connectivity index (χ3n) is 3.22. The van der Waals surface area contributed by atoms with Crippen LogP contribution in [0.5, 0.6) is 11.5 Å². The number of benzene rings is 1. The summed E-state index contributed by atoms with van der Waals surface area (Å²) in [6, 6.07) is 4.32. The summed E-state index contributed by atoms with van der Waals surface area (Å²) in [5, 5.41) is 3.94. The largest absolute Gasteiger partial charge is 0.493 e. The van der Waals surface area contributed by atoms with Crippen LogP contribution in [0.4, 0.5) is 0 Å². The summed E-state index contributed by atoms with van der Waals surface area (Å²) in [4.78, 5) is 0. The third kappa shape index (κ3) is 2.50. The predicted octanol–water partition coefficient (Wildman–Crippen LogP) is 3.03. The first kappa shape index (κ1) is 12.5. The molecular formula is C13H18ClNO2. The van der Waals surface area contributed by atoms with Crippen LogP contribution >= 0.6 is 11.6 Å². The number of halogens is 1. The van der Waals surface area contributed by atoms with E-state index in [1.165, 1.54) is 12.8 Å². The molecule has 1 unspecified atom stereocenters. The summed E-state index contributed by atoms with van der Waals surface area (Å²) < 4.78 is 10.5. The minimum Gasteiger partial charge on any atom is -0.493 e. The van der Waals surface area contributed by atoms with Gasteiger partial charge in [-0.05, 0) is 43.5 Å². The maximum Gasteiger partial charge on any atom is 0.179 e. The van der Waals surface area contributed by atoms with Crippen LogP contribution in [-0.4, -0.2) is 21.3 Å². The molecule has 94 valence electrons. The van der Waals surface area contributed by atoms with Gasteiger partial charge >= 0.3 is 0 Å². The first-order valence-corrected chi connectivity index (χ1v) is 6.17. The van der Waals surface area contributed by atoms with Crippen molar-refractivity contribution < 1.29 is 9.47 Å². The van der Waals surface area contributed by atoms with Crippen molar-refractivity contribution in [2.45, 2.75) is 18.9 Å². The highest BCUT2D eigenvalue weighted by Crippen LogP contribution is 2.44. The van der Waals surface area contributed by atoms with Crippen LogP contribution in [0.3, 0.4) is 0 Å². The third-order valence-corrected chi connectivity index (χ3v) is 3.50. The van der Waals surface area contributed by atoms with Crippen molar-refractivity contribution in [3.63, 3.8) is 0 Å². The molecule has 3 nitrogen and oxygen atoms in total. The molecule has 1 atom stereocenters. The van der Waals surface area contributed by atoms with E-state index in [0.717, 1.165) is 5.56 Å². The fraction of sp³-hybridized carbons (Fsp3) is 0.538. The van der Waals surface area contributed by atoms with Crippen LogP contribution in [0.15, 0.2) is 12.1 Å². The van der Waals surface area contributed by atoms with E-state index in [1.54, 1.807) is 14.2 Å². The summed E-state index contributed by atoms with van der Waals surface area (Å²) in [5.74, 6) is 2.01. The van der Waals surface area contributed by atoms with E-state index < -0.39 is 0 Å². The summed E-state index contributed by atoms with van der Waals surface area (Å²) in [5.41, 5.74) is 1.16. The van der Waals surface area contributed by atoms with Gasteiger partial charge in [-0.2, -0.15) is 0 Å². The van der Waals surface area contributed by atoms with Crippen LogP contribution in [0.1, 0.15) is 24.4 Å². The topological polar surface area (TPSA) is 30.5 Å². The molecule has 1 aromatic carbocycles. The van der Waals surface area contributed by atoms with E-state index >= 15 is 0 Å². The summed E-state index contributed by atoms with van der Waals surface area (Å²) in [7, 11) is 5.21. The van der Waals surface area contributed by atoms with E-state index in [4.69, 9.17) is 21.1 Å². The number of nitrogens with one attached hydrogen (secondary N) is 1. The Bertz CT molecular complexity index is 405. The number of rotatable bonds is 5. The Morgan fingerprint density at radius 1 is 1.29 bits per heavy atom. The maximum atomic E-state index is 6.21. The number of methoxy groups -OCH3 is 2. The lowest BCUT2D eigenvalue weighted by molar-refractivity contribution is 0.353. The second-order valence-corrected chi connectivity index (χ2v) is 4.75. The summed E-state index contributed by atoms with van der Waals surface area (Å²) >= 11 is 6.21. The van der Waals surface area contributed by atoms with Crippen molar-refractivity contribution in [2.75, 3.05) is 21.3 Å². The first-order valence-electron chi connectivity index (χ1n) is 5.80. The van der Waals surface area contributed by atoms with Crippen molar-refractivity contribution in [3.05, 3.63) is 22.7 Å². The van der Waals surface area contributed by atoms with Gasteiger partial charge in [0.05, 0.1) is 19.2 Å². The highest BCUT2D eigenvalue weighted by molar-refractivity contribution is 6.32. The predicted molar refractivity (Wildman–Crippen MR) is 69.1 cm³/mol. The van der Waals surface area contributed by atoms with E-state index in [-0.39, 0.29) is 0 Å². The lowest BCUT2D eigenvalue weighted by atomic mass is 10.0. The van der Waals surface area contributed by atoms with Gasteiger partial charge in [0.1, 0.15) is 0 Å². The van der Waals surface area contributed by atoms with Crippen LogP contribution < -0.4 is 14.8 Å². The van der Waals surface area contributed by atoms with Crippen molar-refractivity contribution in [1.82, 2.24) is 5.32 Å². The zero-order valence-electron chi connectivity index (χ0n) is 10.4. The van der Waals surface area contributed by atoms with Crippen molar-refractivity contribution >= 4 is 11.6 Å². The smallest absolute Gasteiger partial charge is 0.179 e. The van der Waals surface area contributed by atoms with Gasteiger partial charge in [-0.15, -0.1) is 0 Å². The molecule has 1 aliphatic carbocycles. The fourth-order valence-electron chi connectivity index (χ4n) is 2.22. The van der Waals surface area contributed by atoms with Crippen LogP contribution in [0.2, 0.25) is 5.02 Å². The Hall–Kier alpha value is -0.930. The summed E-state index contributed by atoms with van der Waals surface area (Å²) in [6.07, 6.45) is 2.55. The highest BCUT2D eigenvalue weighted by atomic mass is 35.5.